The van der Waals surface area contributed by atoms with Crippen molar-refractivity contribution in [3.8, 4) is 5.75 Å². The summed E-state index contributed by atoms with van der Waals surface area (Å²) in [7, 11) is 0. The van der Waals surface area contributed by atoms with Gasteiger partial charge in [0.1, 0.15) is 11.9 Å². The molecule has 1 atom stereocenters. The van der Waals surface area contributed by atoms with E-state index in [2.05, 4.69) is 20.8 Å². The Hall–Kier alpha value is -2.61. The van der Waals surface area contributed by atoms with Crippen LogP contribution >= 0.6 is 0 Å². The Labute approximate surface area is 164 Å². The van der Waals surface area contributed by atoms with Crippen molar-refractivity contribution >= 4 is 11.7 Å². The first-order valence-corrected chi connectivity index (χ1v) is 10.0. The topological polar surface area (TPSA) is 98.5 Å². The van der Waals surface area contributed by atoms with E-state index in [1.165, 1.54) is 12.8 Å². The average molecular weight is 386 g/mol. The normalized spacial score (nSPS) is 19.6. The summed E-state index contributed by atoms with van der Waals surface area (Å²) in [6.45, 7) is 1.14. The Morgan fingerprint density at radius 2 is 2.11 bits per heavy atom. The number of hydrogen-bond acceptors (Lipinski definition) is 6. The van der Waals surface area contributed by atoms with Gasteiger partial charge in [-0.25, -0.2) is 4.79 Å². The minimum Gasteiger partial charge on any atom is -0.490 e. The predicted octanol–water partition coefficient (Wildman–Crippen LogP) is 3.61. The molecule has 0 bridgehead atoms. The highest BCUT2D eigenvalue weighted by Crippen LogP contribution is 2.27. The first-order valence-electron chi connectivity index (χ1n) is 10.0. The molecule has 0 unspecified atom stereocenters. The fourth-order valence-corrected chi connectivity index (χ4v) is 3.58. The van der Waals surface area contributed by atoms with Crippen molar-refractivity contribution in [3.63, 3.8) is 0 Å². The van der Waals surface area contributed by atoms with Crippen LogP contribution in [0.4, 0.5) is 10.5 Å². The van der Waals surface area contributed by atoms with Gasteiger partial charge in [-0.3, -0.25) is 0 Å². The van der Waals surface area contributed by atoms with Crippen LogP contribution in [0.2, 0.25) is 0 Å². The zero-order valence-electron chi connectivity index (χ0n) is 15.9. The molecular formula is C20H26N4O4. The van der Waals surface area contributed by atoms with E-state index < -0.39 is 0 Å². The molecule has 2 aliphatic rings. The summed E-state index contributed by atoms with van der Waals surface area (Å²) in [4.78, 5) is 16.5. The third-order valence-corrected chi connectivity index (χ3v) is 5.02. The molecule has 2 fully saturated rings. The Balaban J connectivity index is 1.21. The number of urea groups is 1. The SMILES string of the molecule is O=C(NCCc1noc([C@@H]2CCCO2)n1)Nc1cccc(OC2CCCC2)c1. The summed E-state index contributed by atoms with van der Waals surface area (Å²) >= 11 is 0. The summed E-state index contributed by atoms with van der Waals surface area (Å²) in [5, 5.41) is 9.58. The average Bonchev–Trinajstić information content (AvgIpc) is 3.44. The predicted molar refractivity (Wildman–Crippen MR) is 102 cm³/mol. The number of rotatable bonds is 7. The van der Waals surface area contributed by atoms with Gasteiger partial charge in [-0.15, -0.1) is 0 Å². The number of benzene rings is 1. The first kappa shape index (κ1) is 18.7. The van der Waals surface area contributed by atoms with Crippen LogP contribution < -0.4 is 15.4 Å². The number of anilines is 1. The molecule has 2 amide bonds. The molecule has 1 aliphatic carbocycles. The number of amides is 2. The van der Waals surface area contributed by atoms with E-state index >= 15 is 0 Å². The second-order valence-corrected chi connectivity index (χ2v) is 7.23. The van der Waals surface area contributed by atoms with E-state index in [4.69, 9.17) is 14.0 Å². The molecule has 1 aliphatic heterocycles. The highest BCUT2D eigenvalue weighted by molar-refractivity contribution is 5.89. The molecule has 4 rings (SSSR count). The van der Waals surface area contributed by atoms with Crippen LogP contribution in [0.15, 0.2) is 28.8 Å². The van der Waals surface area contributed by atoms with Crippen LogP contribution in [0.5, 0.6) is 5.75 Å². The molecule has 1 aromatic heterocycles. The highest BCUT2D eigenvalue weighted by atomic mass is 16.5. The molecule has 2 N–H and O–H groups in total. The Bertz CT molecular complexity index is 782. The molecule has 8 heteroatoms. The number of nitrogens with zero attached hydrogens (tertiary/aromatic N) is 2. The molecule has 1 saturated carbocycles. The molecule has 2 aromatic rings. The number of aromatic nitrogens is 2. The molecular weight excluding hydrogens is 360 g/mol. The monoisotopic (exact) mass is 386 g/mol. The van der Waals surface area contributed by atoms with Crippen LogP contribution in [0.1, 0.15) is 56.3 Å². The molecule has 8 nitrogen and oxygen atoms in total. The van der Waals surface area contributed by atoms with Gasteiger partial charge in [0.2, 0.25) is 0 Å². The Morgan fingerprint density at radius 1 is 1.21 bits per heavy atom. The zero-order valence-corrected chi connectivity index (χ0v) is 15.9. The Kier molecular flexibility index (Phi) is 6.06. The third-order valence-electron chi connectivity index (χ3n) is 5.02. The molecule has 0 radical (unpaired) electrons. The van der Waals surface area contributed by atoms with Crippen molar-refractivity contribution in [1.29, 1.82) is 0 Å². The summed E-state index contributed by atoms with van der Waals surface area (Å²) in [6.07, 6.45) is 7.26. The van der Waals surface area contributed by atoms with Gasteiger partial charge in [-0.05, 0) is 50.7 Å². The van der Waals surface area contributed by atoms with Gasteiger partial charge in [0.15, 0.2) is 5.82 Å². The molecule has 28 heavy (non-hydrogen) atoms. The second-order valence-electron chi connectivity index (χ2n) is 7.23. The maximum absolute atomic E-state index is 12.1. The molecule has 2 heterocycles. The smallest absolute Gasteiger partial charge is 0.319 e. The summed E-state index contributed by atoms with van der Waals surface area (Å²) in [5.41, 5.74) is 0.702. The van der Waals surface area contributed by atoms with E-state index in [0.29, 0.717) is 36.5 Å². The number of nitrogens with one attached hydrogen (secondary N) is 2. The second kappa shape index (κ2) is 9.05. The lowest BCUT2D eigenvalue weighted by Gasteiger charge is -2.14. The van der Waals surface area contributed by atoms with Gasteiger partial charge in [0.25, 0.3) is 5.89 Å². The van der Waals surface area contributed by atoms with Gasteiger partial charge in [0.05, 0.1) is 6.10 Å². The minimum atomic E-state index is -0.277. The van der Waals surface area contributed by atoms with Crippen molar-refractivity contribution in [2.24, 2.45) is 0 Å². The first-order chi connectivity index (χ1) is 13.8. The largest absolute Gasteiger partial charge is 0.490 e. The lowest BCUT2D eigenvalue weighted by Crippen LogP contribution is -2.30. The van der Waals surface area contributed by atoms with E-state index in [1.54, 1.807) is 0 Å². The highest BCUT2D eigenvalue weighted by Gasteiger charge is 2.23. The van der Waals surface area contributed by atoms with Crippen LogP contribution in [0.3, 0.4) is 0 Å². The lowest BCUT2D eigenvalue weighted by atomic mass is 10.2. The number of carbonyl (C=O) groups excluding carboxylic acids is 1. The summed E-state index contributed by atoms with van der Waals surface area (Å²) < 4.78 is 16.7. The van der Waals surface area contributed by atoms with Crippen LogP contribution in [-0.4, -0.2) is 35.4 Å². The molecule has 0 spiro atoms. The third kappa shape index (κ3) is 5.01. The zero-order chi connectivity index (χ0) is 19.2. The van der Waals surface area contributed by atoms with E-state index in [9.17, 15) is 4.79 Å². The van der Waals surface area contributed by atoms with E-state index in [-0.39, 0.29) is 12.1 Å². The van der Waals surface area contributed by atoms with Crippen molar-refractivity contribution < 1.29 is 18.8 Å². The quantitative estimate of drug-likeness (QED) is 0.754. The van der Waals surface area contributed by atoms with Crippen molar-refractivity contribution in [2.75, 3.05) is 18.5 Å². The lowest BCUT2D eigenvalue weighted by molar-refractivity contribution is 0.0835. The van der Waals surface area contributed by atoms with Gasteiger partial charge in [-0.1, -0.05) is 11.2 Å². The van der Waals surface area contributed by atoms with Gasteiger partial charge >= 0.3 is 6.03 Å². The van der Waals surface area contributed by atoms with Crippen molar-refractivity contribution in [3.05, 3.63) is 36.0 Å². The standard InChI is InChI=1S/C20H26N4O4/c25-20(21-11-10-18-23-19(28-24-18)17-9-4-12-26-17)22-14-5-3-8-16(13-14)27-15-6-1-2-7-15/h3,5,8,13,15,17H,1-2,4,6-7,9-12H2,(H2,21,22,25)/t17-/m0/s1. The molecule has 150 valence electrons. The van der Waals surface area contributed by atoms with E-state index in [0.717, 1.165) is 38.0 Å². The van der Waals surface area contributed by atoms with Crippen LogP contribution in [0.25, 0.3) is 0 Å². The van der Waals surface area contributed by atoms with Crippen molar-refractivity contribution in [1.82, 2.24) is 15.5 Å². The maximum Gasteiger partial charge on any atom is 0.319 e. The van der Waals surface area contributed by atoms with E-state index in [1.807, 2.05) is 24.3 Å². The van der Waals surface area contributed by atoms with Crippen LogP contribution in [0, 0.1) is 0 Å². The molecule has 1 saturated heterocycles. The summed E-state index contributed by atoms with van der Waals surface area (Å²) in [6, 6.07) is 7.22. The molecule has 1 aromatic carbocycles. The van der Waals surface area contributed by atoms with Crippen LogP contribution in [-0.2, 0) is 11.2 Å². The van der Waals surface area contributed by atoms with Gasteiger partial charge in [0, 0.05) is 31.3 Å². The fraction of sp³-hybridized carbons (Fsp3) is 0.550. The van der Waals surface area contributed by atoms with Crippen molar-refractivity contribution in [2.45, 2.75) is 57.2 Å². The minimum absolute atomic E-state index is 0.0868. The maximum atomic E-state index is 12.1. The fourth-order valence-electron chi connectivity index (χ4n) is 3.58. The number of hydrogen-bond donors (Lipinski definition) is 2. The summed E-state index contributed by atoms with van der Waals surface area (Å²) in [5.74, 6) is 1.88. The number of carbonyl (C=O) groups is 1. The van der Waals surface area contributed by atoms with Gasteiger partial charge in [-0.2, -0.15) is 4.98 Å². The number of ether oxygens (including phenoxy) is 2. The Morgan fingerprint density at radius 3 is 2.93 bits per heavy atom. The van der Waals surface area contributed by atoms with Gasteiger partial charge < -0.3 is 24.6 Å².